The maximum atomic E-state index is 12.8. The van der Waals surface area contributed by atoms with Crippen molar-refractivity contribution in [1.82, 2.24) is 5.32 Å². The van der Waals surface area contributed by atoms with Crippen molar-refractivity contribution in [2.24, 2.45) is 5.92 Å². The minimum Gasteiger partial charge on any atom is -0.312 e. The SMILES string of the molecule is Fc1ccc(CNCC2CC=CCC2)c(Cl)c1. The normalized spacial score (nSPS) is 19.5. The Hall–Kier alpha value is -0.860. The molecule has 0 fully saturated rings. The lowest BCUT2D eigenvalue weighted by Crippen LogP contribution is -2.23. The van der Waals surface area contributed by atoms with Gasteiger partial charge in [-0.2, -0.15) is 0 Å². The van der Waals surface area contributed by atoms with E-state index < -0.39 is 0 Å². The zero-order valence-electron chi connectivity index (χ0n) is 9.76. The van der Waals surface area contributed by atoms with Gasteiger partial charge in [0.15, 0.2) is 0 Å². The molecule has 1 aliphatic rings. The highest BCUT2D eigenvalue weighted by Crippen LogP contribution is 2.19. The largest absolute Gasteiger partial charge is 0.312 e. The molecule has 0 radical (unpaired) electrons. The molecular weight excluding hydrogens is 237 g/mol. The quantitative estimate of drug-likeness (QED) is 0.802. The first kappa shape index (κ1) is 12.6. The molecule has 1 N–H and O–H groups in total. The van der Waals surface area contributed by atoms with Gasteiger partial charge in [-0.05, 0) is 49.4 Å². The lowest BCUT2D eigenvalue weighted by atomic mass is 9.94. The molecule has 1 aliphatic carbocycles. The molecule has 17 heavy (non-hydrogen) atoms. The first-order chi connectivity index (χ1) is 8.25. The summed E-state index contributed by atoms with van der Waals surface area (Å²) < 4.78 is 12.8. The van der Waals surface area contributed by atoms with Crippen molar-refractivity contribution in [3.05, 3.63) is 46.8 Å². The van der Waals surface area contributed by atoms with Crippen LogP contribution in [0, 0.1) is 11.7 Å². The molecule has 2 rings (SSSR count). The number of hydrogen-bond acceptors (Lipinski definition) is 1. The molecule has 0 heterocycles. The van der Waals surface area contributed by atoms with E-state index in [0.29, 0.717) is 11.6 Å². The van der Waals surface area contributed by atoms with Gasteiger partial charge in [-0.1, -0.05) is 29.8 Å². The average molecular weight is 254 g/mol. The maximum absolute atomic E-state index is 12.8. The number of benzene rings is 1. The van der Waals surface area contributed by atoms with Gasteiger partial charge < -0.3 is 5.32 Å². The third-order valence-corrected chi connectivity index (χ3v) is 3.49. The molecule has 1 aromatic carbocycles. The summed E-state index contributed by atoms with van der Waals surface area (Å²) >= 11 is 5.96. The van der Waals surface area contributed by atoms with Crippen LogP contribution in [-0.2, 0) is 6.54 Å². The number of allylic oxidation sites excluding steroid dienone is 2. The van der Waals surface area contributed by atoms with E-state index in [1.54, 1.807) is 6.07 Å². The average Bonchev–Trinajstić information content (AvgIpc) is 2.33. The summed E-state index contributed by atoms with van der Waals surface area (Å²) in [7, 11) is 0. The van der Waals surface area contributed by atoms with Crippen LogP contribution in [0.5, 0.6) is 0 Å². The fourth-order valence-electron chi connectivity index (χ4n) is 2.12. The highest BCUT2D eigenvalue weighted by molar-refractivity contribution is 6.31. The summed E-state index contributed by atoms with van der Waals surface area (Å²) in [6.07, 6.45) is 8.09. The Bertz CT molecular complexity index is 403. The Kier molecular flexibility index (Phi) is 4.57. The van der Waals surface area contributed by atoms with Crippen molar-refractivity contribution in [2.45, 2.75) is 25.8 Å². The van der Waals surface area contributed by atoms with E-state index in [-0.39, 0.29) is 5.82 Å². The number of halogens is 2. The molecule has 1 nitrogen and oxygen atoms in total. The van der Waals surface area contributed by atoms with Crippen molar-refractivity contribution in [3.63, 3.8) is 0 Å². The van der Waals surface area contributed by atoms with E-state index >= 15 is 0 Å². The van der Waals surface area contributed by atoms with Crippen LogP contribution in [0.1, 0.15) is 24.8 Å². The molecule has 0 aromatic heterocycles. The molecule has 1 aromatic rings. The molecule has 0 spiro atoms. The molecule has 92 valence electrons. The lowest BCUT2D eigenvalue weighted by Gasteiger charge is -2.18. The first-order valence-electron chi connectivity index (χ1n) is 6.05. The fraction of sp³-hybridized carbons (Fsp3) is 0.429. The predicted molar refractivity (Wildman–Crippen MR) is 69.6 cm³/mol. The molecule has 0 saturated carbocycles. The van der Waals surface area contributed by atoms with Crippen molar-refractivity contribution < 1.29 is 4.39 Å². The van der Waals surface area contributed by atoms with Gasteiger partial charge in [0, 0.05) is 11.6 Å². The van der Waals surface area contributed by atoms with Crippen LogP contribution in [-0.4, -0.2) is 6.54 Å². The standard InChI is InChI=1S/C14H17ClFN/c15-14-8-13(16)7-6-12(14)10-17-9-11-4-2-1-3-5-11/h1-2,6-8,11,17H,3-5,9-10H2. The second-order valence-corrected chi connectivity index (χ2v) is 4.92. The maximum Gasteiger partial charge on any atom is 0.124 e. The van der Waals surface area contributed by atoms with Gasteiger partial charge in [0.05, 0.1) is 0 Å². The van der Waals surface area contributed by atoms with E-state index in [2.05, 4.69) is 17.5 Å². The molecule has 3 heteroatoms. The highest BCUT2D eigenvalue weighted by Gasteiger charge is 2.09. The summed E-state index contributed by atoms with van der Waals surface area (Å²) in [4.78, 5) is 0. The zero-order chi connectivity index (χ0) is 12.1. The van der Waals surface area contributed by atoms with Gasteiger partial charge in [0.2, 0.25) is 0 Å². The monoisotopic (exact) mass is 253 g/mol. The van der Waals surface area contributed by atoms with E-state index in [0.717, 1.165) is 24.4 Å². The summed E-state index contributed by atoms with van der Waals surface area (Å²) in [6, 6.07) is 4.56. The first-order valence-corrected chi connectivity index (χ1v) is 6.43. The molecule has 1 atom stereocenters. The van der Waals surface area contributed by atoms with Gasteiger partial charge in [-0.3, -0.25) is 0 Å². The zero-order valence-corrected chi connectivity index (χ0v) is 10.5. The Labute approximate surface area is 107 Å². The third-order valence-electron chi connectivity index (χ3n) is 3.14. The predicted octanol–water partition coefficient (Wildman–Crippen LogP) is 3.93. The Morgan fingerprint density at radius 1 is 1.35 bits per heavy atom. The molecular formula is C14H17ClFN. The van der Waals surface area contributed by atoms with Gasteiger partial charge in [-0.15, -0.1) is 0 Å². The fourth-order valence-corrected chi connectivity index (χ4v) is 2.35. The smallest absolute Gasteiger partial charge is 0.124 e. The minimum atomic E-state index is -0.281. The van der Waals surface area contributed by atoms with E-state index in [4.69, 9.17) is 11.6 Å². The molecule has 0 saturated heterocycles. The van der Waals surface area contributed by atoms with Gasteiger partial charge in [0.1, 0.15) is 5.82 Å². The van der Waals surface area contributed by atoms with Crippen LogP contribution in [0.4, 0.5) is 4.39 Å². The van der Waals surface area contributed by atoms with Crippen LogP contribution in [0.3, 0.4) is 0 Å². The highest BCUT2D eigenvalue weighted by atomic mass is 35.5. The van der Waals surface area contributed by atoms with E-state index in [1.165, 1.54) is 25.0 Å². The molecule has 1 unspecified atom stereocenters. The summed E-state index contributed by atoms with van der Waals surface area (Å²) in [5.74, 6) is 0.440. The van der Waals surface area contributed by atoms with Crippen molar-refractivity contribution in [2.75, 3.05) is 6.54 Å². The van der Waals surface area contributed by atoms with Crippen molar-refractivity contribution in [3.8, 4) is 0 Å². The second kappa shape index (κ2) is 6.18. The van der Waals surface area contributed by atoms with Crippen LogP contribution in [0.2, 0.25) is 5.02 Å². The molecule has 0 amide bonds. The minimum absolute atomic E-state index is 0.281. The summed E-state index contributed by atoms with van der Waals surface area (Å²) in [6.45, 7) is 1.71. The van der Waals surface area contributed by atoms with Gasteiger partial charge in [-0.25, -0.2) is 4.39 Å². The van der Waals surface area contributed by atoms with Crippen LogP contribution < -0.4 is 5.32 Å². The Balaban J connectivity index is 1.79. The lowest BCUT2D eigenvalue weighted by molar-refractivity contribution is 0.440. The van der Waals surface area contributed by atoms with Crippen LogP contribution in [0.25, 0.3) is 0 Å². The number of nitrogens with one attached hydrogen (secondary N) is 1. The Morgan fingerprint density at radius 2 is 2.24 bits per heavy atom. The summed E-state index contributed by atoms with van der Waals surface area (Å²) in [5.41, 5.74) is 0.958. The summed E-state index contributed by atoms with van der Waals surface area (Å²) in [5, 5.41) is 3.89. The third kappa shape index (κ3) is 3.83. The van der Waals surface area contributed by atoms with E-state index in [1.807, 2.05) is 0 Å². The molecule has 0 bridgehead atoms. The van der Waals surface area contributed by atoms with Crippen LogP contribution >= 0.6 is 11.6 Å². The van der Waals surface area contributed by atoms with Crippen molar-refractivity contribution >= 4 is 11.6 Å². The van der Waals surface area contributed by atoms with Crippen LogP contribution in [0.15, 0.2) is 30.4 Å². The van der Waals surface area contributed by atoms with E-state index in [9.17, 15) is 4.39 Å². The van der Waals surface area contributed by atoms with Gasteiger partial charge in [0.25, 0.3) is 0 Å². The number of rotatable bonds is 4. The topological polar surface area (TPSA) is 12.0 Å². The van der Waals surface area contributed by atoms with Crippen molar-refractivity contribution in [1.29, 1.82) is 0 Å². The Morgan fingerprint density at radius 3 is 2.94 bits per heavy atom. The number of hydrogen-bond donors (Lipinski definition) is 1. The second-order valence-electron chi connectivity index (χ2n) is 4.52. The molecule has 0 aliphatic heterocycles. The van der Waals surface area contributed by atoms with Gasteiger partial charge >= 0.3 is 0 Å².